The Kier molecular flexibility index (Phi) is 10.4. The monoisotopic (exact) mass is 596 g/mol. The standard InChI is InChI=1S/C29H36N6O6S/c1-17(2)24-29-32-21(16-42-29)26(39)30-11-13-35(23(38)15-36)12-7-10-22(37)31-20(14-19-8-5-4-6-9-19)28-34-25(18(3)41-28)27(40)33-24/h4-6,8-9,16-17,20,24,36H,7,10-15H2,1-3H3,(H,30,39)(H,31,37)(H,33,40)/t20-,24-/m0/s1. The van der Waals surface area contributed by atoms with E-state index in [0.29, 0.717) is 23.6 Å². The average molecular weight is 597 g/mol. The van der Waals surface area contributed by atoms with Gasteiger partial charge in [-0.05, 0) is 24.8 Å². The van der Waals surface area contributed by atoms with Crippen LogP contribution in [0.15, 0.2) is 40.1 Å². The first-order chi connectivity index (χ1) is 20.2. The van der Waals surface area contributed by atoms with Gasteiger partial charge in [-0.3, -0.25) is 19.2 Å². The Balaban J connectivity index is 1.66. The highest BCUT2D eigenvalue weighted by atomic mass is 32.1. The second-order valence-electron chi connectivity index (χ2n) is 10.4. The second kappa shape index (κ2) is 14.2. The molecule has 2 aromatic heterocycles. The molecule has 0 fully saturated rings. The van der Waals surface area contributed by atoms with Crippen LogP contribution in [-0.2, 0) is 16.0 Å². The van der Waals surface area contributed by atoms with Gasteiger partial charge >= 0.3 is 0 Å². The molecule has 0 radical (unpaired) electrons. The number of aliphatic hydroxyl groups excluding tert-OH is 1. The predicted octanol–water partition coefficient (Wildman–Crippen LogP) is 2.31. The van der Waals surface area contributed by atoms with Gasteiger partial charge in [0.2, 0.25) is 17.7 Å². The van der Waals surface area contributed by atoms with E-state index in [9.17, 15) is 24.3 Å². The first kappa shape index (κ1) is 30.8. The van der Waals surface area contributed by atoms with Crippen molar-refractivity contribution in [2.45, 2.75) is 52.1 Å². The Morgan fingerprint density at radius 3 is 2.60 bits per heavy atom. The summed E-state index contributed by atoms with van der Waals surface area (Å²) in [7, 11) is 0. The number of aryl methyl sites for hydroxylation is 1. The summed E-state index contributed by atoms with van der Waals surface area (Å²) in [5.41, 5.74) is 1.25. The summed E-state index contributed by atoms with van der Waals surface area (Å²) in [6.07, 6.45) is 0.810. The number of rotatable bonds is 4. The fourth-order valence-electron chi connectivity index (χ4n) is 4.64. The summed E-state index contributed by atoms with van der Waals surface area (Å²) in [6, 6.07) is 8.42. The number of aromatic nitrogens is 2. The number of carbonyl (C=O) groups excluding carboxylic acids is 4. The Morgan fingerprint density at radius 1 is 1.12 bits per heavy atom. The van der Waals surface area contributed by atoms with Crippen molar-refractivity contribution >= 4 is 35.0 Å². The number of hydrogen-bond acceptors (Lipinski definition) is 9. The Morgan fingerprint density at radius 2 is 1.88 bits per heavy atom. The van der Waals surface area contributed by atoms with Crippen molar-refractivity contribution in [3.8, 4) is 0 Å². The summed E-state index contributed by atoms with van der Waals surface area (Å²) in [4.78, 5) is 61.9. The molecule has 2 atom stereocenters. The van der Waals surface area contributed by atoms with Crippen molar-refractivity contribution in [2.75, 3.05) is 26.2 Å². The number of nitrogens with zero attached hydrogens (tertiary/aromatic N) is 3. The van der Waals surface area contributed by atoms with E-state index in [1.54, 1.807) is 12.3 Å². The number of hydrogen-bond donors (Lipinski definition) is 4. The molecule has 0 saturated heterocycles. The number of amides is 4. The van der Waals surface area contributed by atoms with Crippen LogP contribution in [0.25, 0.3) is 0 Å². The topological polar surface area (TPSA) is 167 Å². The van der Waals surface area contributed by atoms with E-state index in [4.69, 9.17) is 4.42 Å². The van der Waals surface area contributed by atoms with Crippen molar-refractivity contribution < 1.29 is 28.7 Å². The van der Waals surface area contributed by atoms with Gasteiger partial charge in [0.15, 0.2) is 5.69 Å². The van der Waals surface area contributed by atoms with E-state index in [0.717, 1.165) is 5.56 Å². The molecule has 4 N–H and O–H groups in total. The molecule has 224 valence electrons. The number of benzene rings is 1. The fraction of sp³-hybridized carbons (Fsp3) is 0.448. The normalized spacial score (nSPS) is 19.2. The molecule has 13 heteroatoms. The van der Waals surface area contributed by atoms with Crippen LogP contribution in [0.4, 0.5) is 0 Å². The van der Waals surface area contributed by atoms with Gasteiger partial charge in [0, 0.05) is 37.9 Å². The molecule has 4 rings (SSSR count). The summed E-state index contributed by atoms with van der Waals surface area (Å²) < 4.78 is 5.94. The minimum atomic E-state index is -0.678. The van der Waals surface area contributed by atoms with Crippen molar-refractivity contribution in [3.05, 3.63) is 69.3 Å². The van der Waals surface area contributed by atoms with Crippen LogP contribution in [-0.4, -0.2) is 69.8 Å². The van der Waals surface area contributed by atoms with Crippen molar-refractivity contribution in [2.24, 2.45) is 5.92 Å². The highest BCUT2D eigenvalue weighted by molar-refractivity contribution is 7.09. The fourth-order valence-corrected chi connectivity index (χ4v) is 5.66. The lowest BCUT2D eigenvalue weighted by Crippen LogP contribution is -2.41. The molecule has 4 bridgehead atoms. The van der Waals surface area contributed by atoms with Crippen LogP contribution in [0, 0.1) is 12.8 Å². The maximum atomic E-state index is 13.4. The molecule has 12 nitrogen and oxygen atoms in total. The maximum Gasteiger partial charge on any atom is 0.274 e. The largest absolute Gasteiger partial charge is 0.443 e. The molecule has 0 aliphatic carbocycles. The van der Waals surface area contributed by atoms with E-state index < -0.39 is 36.4 Å². The Labute approximate surface area is 247 Å². The Bertz CT molecular complexity index is 1400. The van der Waals surface area contributed by atoms with Crippen LogP contribution < -0.4 is 16.0 Å². The van der Waals surface area contributed by atoms with E-state index >= 15 is 0 Å². The van der Waals surface area contributed by atoms with Crippen molar-refractivity contribution in [3.63, 3.8) is 0 Å². The lowest BCUT2D eigenvalue weighted by atomic mass is 10.0. The third-order valence-electron chi connectivity index (χ3n) is 6.91. The highest BCUT2D eigenvalue weighted by Crippen LogP contribution is 2.27. The summed E-state index contributed by atoms with van der Waals surface area (Å²) >= 11 is 1.26. The first-order valence-electron chi connectivity index (χ1n) is 13.9. The summed E-state index contributed by atoms with van der Waals surface area (Å²) in [5.74, 6) is -1.19. The zero-order valence-electron chi connectivity index (χ0n) is 23.9. The number of thiazole rings is 1. The number of fused-ring (bicyclic) bond motifs is 4. The van der Waals surface area contributed by atoms with Crippen LogP contribution in [0.5, 0.6) is 0 Å². The smallest absolute Gasteiger partial charge is 0.274 e. The van der Waals surface area contributed by atoms with Crippen LogP contribution in [0.2, 0.25) is 0 Å². The van der Waals surface area contributed by atoms with Gasteiger partial charge in [-0.2, -0.15) is 0 Å². The molecule has 1 aromatic carbocycles. The van der Waals surface area contributed by atoms with Crippen LogP contribution >= 0.6 is 11.3 Å². The zero-order chi connectivity index (χ0) is 30.2. The molecule has 3 heterocycles. The van der Waals surface area contributed by atoms with Gasteiger partial charge in [-0.1, -0.05) is 44.2 Å². The second-order valence-corrected chi connectivity index (χ2v) is 11.3. The predicted molar refractivity (Wildman–Crippen MR) is 155 cm³/mol. The van der Waals surface area contributed by atoms with E-state index in [2.05, 4.69) is 25.9 Å². The quantitative estimate of drug-likeness (QED) is 0.356. The maximum absolute atomic E-state index is 13.4. The van der Waals surface area contributed by atoms with Crippen LogP contribution in [0.3, 0.4) is 0 Å². The van der Waals surface area contributed by atoms with E-state index in [1.807, 2.05) is 44.2 Å². The number of carbonyl (C=O) groups is 4. The number of nitrogens with one attached hydrogen (secondary N) is 3. The molecule has 1 aliphatic heterocycles. The van der Waals surface area contributed by atoms with Crippen molar-refractivity contribution in [1.29, 1.82) is 0 Å². The molecule has 0 spiro atoms. The van der Waals surface area contributed by atoms with Gasteiger partial charge in [-0.15, -0.1) is 11.3 Å². The Hall–Kier alpha value is -4.10. The van der Waals surface area contributed by atoms with Gasteiger partial charge in [0.1, 0.15) is 29.1 Å². The molecule has 42 heavy (non-hydrogen) atoms. The first-order valence-corrected chi connectivity index (χ1v) is 14.8. The number of oxazole rings is 1. The minimum absolute atomic E-state index is 0.0521. The molecule has 4 amide bonds. The van der Waals surface area contributed by atoms with E-state index in [1.165, 1.54) is 16.2 Å². The highest BCUT2D eigenvalue weighted by Gasteiger charge is 2.29. The van der Waals surface area contributed by atoms with Crippen molar-refractivity contribution in [1.82, 2.24) is 30.8 Å². The molecular weight excluding hydrogens is 560 g/mol. The summed E-state index contributed by atoms with van der Waals surface area (Å²) in [5, 5.41) is 20.3. The van der Waals surface area contributed by atoms with Gasteiger partial charge in [0.25, 0.3) is 11.8 Å². The minimum Gasteiger partial charge on any atom is -0.443 e. The molecule has 0 unspecified atom stereocenters. The molecule has 0 saturated carbocycles. The third-order valence-corrected chi connectivity index (χ3v) is 7.83. The third kappa shape index (κ3) is 7.79. The lowest BCUT2D eigenvalue weighted by molar-refractivity contribution is -0.134. The zero-order valence-corrected chi connectivity index (χ0v) is 24.7. The number of aliphatic hydroxyl groups is 1. The molecule has 3 aromatic rings. The molecular formula is C29H36N6O6S. The lowest BCUT2D eigenvalue weighted by Gasteiger charge is -2.22. The SMILES string of the molecule is Cc1oc2nc1C(=O)N[C@@H](C(C)C)c1nc(cs1)C(=O)NCCN(C(=O)CO)CCCC(=O)N[C@H]2Cc1ccccc1. The van der Waals surface area contributed by atoms with Gasteiger partial charge in [0.05, 0.1) is 6.04 Å². The average Bonchev–Trinajstić information content (AvgIpc) is 3.61. The molecule has 1 aliphatic rings. The van der Waals surface area contributed by atoms with Crippen LogP contribution in [0.1, 0.15) is 82.0 Å². The summed E-state index contributed by atoms with van der Waals surface area (Å²) in [6.45, 7) is 5.34. The van der Waals surface area contributed by atoms with Gasteiger partial charge in [-0.25, -0.2) is 9.97 Å². The van der Waals surface area contributed by atoms with E-state index in [-0.39, 0.29) is 55.2 Å². The van der Waals surface area contributed by atoms with Gasteiger partial charge < -0.3 is 30.4 Å².